The van der Waals surface area contributed by atoms with Crippen LogP contribution in [0.1, 0.15) is 18.2 Å². The Balaban J connectivity index is 1.68. The fourth-order valence-corrected chi connectivity index (χ4v) is 3.93. The summed E-state index contributed by atoms with van der Waals surface area (Å²) in [7, 11) is 1.41. The van der Waals surface area contributed by atoms with Crippen molar-refractivity contribution in [2.24, 2.45) is 0 Å². The molecule has 9 heteroatoms. The second-order valence-corrected chi connectivity index (χ2v) is 8.01. The summed E-state index contributed by atoms with van der Waals surface area (Å²) in [6, 6.07) is 18.8. The largest absolute Gasteiger partial charge is 0.497 e. The Morgan fingerprint density at radius 3 is 2.53 bits per heavy atom. The Hall–Kier alpha value is -4.97. The number of imide groups is 1. The fraction of sp³-hybridized carbons (Fsp3) is 0.148. The van der Waals surface area contributed by atoms with Crippen LogP contribution in [0.3, 0.4) is 0 Å². The summed E-state index contributed by atoms with van der Waals surface area (Å²) in [4.78, 5) is 38.2. The molecule has 0 unspecified atom stereocenters. The first-order chi connectivity index (χ1) is 17.3. The first kappa shape index (κ1) is 24.2. The lowest BCUT2D eigenvalue weighted by molar-refractivity contribution is -0.384. The van der Waals surface area contributed by atoms with Gasteiger partial charge in [0.15, 0.2) is 0 Å². The van der Waals surface area contributed by atoms with Crippen LogP contribution in [0, 0.1) is 21.4 Å². The van der Waals surface area contributed by atoms with Crippen LogP contribution in [0.2, 0.25) is 0 Å². The second kappa shape index (κ2) is 10.1. The highest BCUT2D eigenvalue weighted by atomic mass is 16.6. The molecule has 180 valence electrons. The van der Waals surface area contributed by atoms with Gasteiger partial charge in [0, 0.05) is 12.1 Å². The molecule has 4 rings (SSSR count). The predicted octanol–water partition coefficient (Wildman–Crippen LogP) is 4.70. The smallest absolute Gasteiger partial charge is 0.284 e. The number of nitro groups is 1. The number of methoxy groups -OCH3 is 1. The Bertz CT molecular complexity index is 1460. The zero-order valence-electron chi connectivity index (χ0n) is 19.6. The quantitative estimate of drug-likeness (QED) is 0.206. The van der Waals surface area contributed by atoms with E-state index in [0.29, 0.717) is 12.2 Å². The van der Waals surface area contributed by atoms with Crippen molar-refractivity contribution in [1.82, 2.24) is 4.90 Å². The summed E-state index contributed by atoms with van der Waals surface area (Å²) in [6.07, 6.45) is 1.88. The van der Waals surface area contributed by atoms with E-state index in [4.69, 9.17) is 9.15 Å². The van der Waals surface area contributed by atoms with E-state index in [1.807, 2.05) is 36.4 Å². The number of nitro benzene ring substituents is 1. The van der Waals surface area contributed by atoms with Gasteiger partial charge in [-0.1, -0.05) is 30.3 Å². The van der Waals surface area contributed by atoms with Crippen molar-refractivity contribution in [2.75, 3.05) is 13.7 Å². The van der Waals surface area contributed by atoms with E-state index >= 15 is 0 Å². The van der Waals surface area contributed by atoms with Crippen molar-refractivity contribution in [2.45, 2.75) is 13.3 Å². The number of hydrogen-bond acceptors (Lipinski definition) is 7. The normalized spacial score (nSPS) is 14.8. The number of ether oxygens (including phenoxy) is 1. The molecular weight excluding hydrogens is 462 g/mol. The third kappa shape index (κ3) is 4.65. The molecule has 1 aliphatic heterocycles. The minimum atomic E-state index is -0.637. The number of carbonyl (C=O) groups is 2. The van der Waals surface area contributed by atoms with Crippen molar-refractivity contribution in [1.29, 1.82) is 5.26 Å². The molecule has 9 nitrogen and oxygen atoms in total. The summed E-state index contributed by atoms with van der Waals surface area (Å²) >= 11 is 0. The molecular formula is C27H21N3O6. The number of nitrogens with zero attached hydrogens (tertiary/aromatic N) is 3. The van der Waals surface area contributed by atoms with Gasteiger partial charge in [0.05, 0.1) is 23.7 Å². The van der Waals surface area contributed by atoms with Gasteiger partial charge in [-0.2, -0.15) is 5.26 Å². The SMILES string of the molecule is COc1ccc(-c2ccc(C=C3C(=O)N(CCc4ccccc4)C(=O)C(C#N)=C3C)o2)c([N+](=O)[O-])c1. The van der Waals surface area contributed by atoms with E-state index in [2.05, 4.69) is 0 Å². The van der Waals surface area contributed by atoms with Gasteiger partial charge >= 0.3 is 0 Å². The average molecular weight is 483 g/mol. The van der Waals surface area contributed by atoms with Crippen LogP contribution in [-0.4, -0.2) is 35.3 Å². The van der Waals surface area contributed by atoms with E-state index in [1.165, 1.54) is 32.2 Å². The molecule has 0 fully saturated rings. The average Bonchev–Trinajstić information content (AvgIpc) is 3.35. The lowest BCUT2D eigenvalue weighted by Gasteiger charge is -2.27. The molecule has 0 aliphatic carbocycles. The van der Waals surface area contributed by atoms with Crippen molar-refractivity contribution in [3.63, 3.8) is 0 Å². The molecule has 0 atom stereocenters. The number of hydrogen-bond donors (Lipinski definition) is 0. The van der Waals surface area contributed by atoms with Gasteiger partial charge in [-0.25, -0.2) is 0 Å². The Kier molecular flexibility index (Phi) is 6.79. The van der Waals surface area contributed by atoms with Crippen LogP contribution in [-0.2, 0) is 16.0 Å². The van der Waals surface area contributed by atoms with Crippen LogP contribution >= 0.6 is 0 Å². The molecule has 0 saturated carbocycles. The number of amides is 2. The predicted molar refractivity (Wildman–Crippen MR) is 131 cm³/mol. The highest BCUT2D eigenvalue weighted by molar-refractivity contribution is 6.19. The first-order valence-electron chi connectivity index (χ1n) is 11.0. The van der Waals surface area contributed by atoms with Gasteiger partial charge < -0.3 is 9.15 Å². The van der Waals surface area contributed by atoms with Gasteiger partial charge in [-0.05, 0) is 54.8 Å². The molecule has 36 heavy (non-hydrogen) atoms. The second-order valence-electron chi connectivity index (χ2n) is 8.01. The minimum Gasteiger partial charge on any atom is -0.497 e. The molecule has 2 heterocycles. The molecule has 0 radical (unpaired) electrons. The number of benzene rings is 2. The van der Waals surface area contributed by atoms with E-state index < -0.39 is 16.7 Å². The number of carbonyl (C=O) groups excluding carboxylic acids is 2. The summed E-state index contributed by atoms with van der Waals surface area (Å²) in [6.45, 7) is 1.64. The maximum absolute atomic E-state index is 13.3. The molecule has 1 aliphatic rings. The summed E-state index contributed by atoms with van der Waals surface area (Å²) in [5.74, 6) is -0.383. The van der Waals surface area contributed by atoms with Crippen LogP contribution in [0.15, 0.2) is 81.8 Å². The monoisotopic (exact) mass is 483 g/mol. The summed E-state index contributed by atoms with van der Waals surface area (Å²) in [5.41, 5.74) is 1.26. The van der Waals surface area contributed by atoms with Crippen LogP contribution in [0.25, 0.3) is 17.4 Å². The van der Waals surface area contributed by atoms with Crippen molar-refractivity contribution < 1.29 is 23.7 Å². The number of rotatable bonds is 7. The van der Waals surface area contributed by atoms with Crippen molar-refractivity contribution >= 4 is 23.6 Å². The highest BCUT2D eigenvalue weighted by Crippen LogP contribution is 2.35. The lowest BCUT2D eigenvalue weighted by Crippen LogP contribution is -2.43. The third-order valence-electron chi connectivity index (χ3n) is 5.87. The van der Waals surface area contributed by atoms with Crippen molar-refractivity contribution in [3.05, 3.63) is 98.8 Å². The van der Waals surface area contributed by atoms with Gasteiger partial charge in [0.1, 0.15) is 28.9 Å². The third-order valence-corrected chi connectivity index (χ3v) is 5.87. The minimum absolute atomic E-state index is 0.110. The molecule has 0 N–H and O–H groups in total. The van der Waals surface area contributed by atoms with E-state index in [0.717, 1.165) is 10.5 Å². The number of furan rings is 1. The van der Waals surface area contributed by atoms with Crippen LogP contribution < -0.4 is 4.74 Å². The fourth-order valence-electron chi connectivity index (χ4n) is 3.93. The van der Waals surface area contributed by atoms with E-state index in [-0.39, 0.29) is 46.0 Å². The zero-order chi connectivity index (χ0) is 25.8. The van der Waals surface area contributed by atoms with Crippen LogP contribution in [0.5, 0.6) is 5.75 Å². The number of nitriles is 1. The summed E-state index contributed by atoms with van der Waals surface area (Å²) < 4.78 is 10.9. The van der Waals surface area contributed by atoms with E-state index in [9.17, 15) is 25.0 Å². The standard InChI is InChI=1S/C27H21N3O6/c1-17-22(26(31)29(27(32)23(17)16-28)13-12-18-6-4-3-5-7-18)14-20-9-11-25(36-20)21-10-8-19(35-2)15-24(21)30(33)34/h3-11,14-15H,12-13H2,1-2H3. The molecule has 0 bridgehead atoms. The molecule has 2 amide bonds. The maximum atomic E-state index is 13.3. The molecule has 1 aromatic heterocycles. The zero-order valence-corrected chi connectivity index (χ0v) is 19.6. The molecule has 0 saturated heterocycles. The van der Waals surface area contributed by atoms with Crippen LogP contribution in [0.4, 0.5) is 5.69 Å². The van der Waals surface area contributed by atoms with E-state index in [1.54, 1.807) is 18.2 Å². The van der Waals surface area contributed by atoms with Gasteiger partial charge in [0.25, 0.3) is 17.5 Å². The van der Waals surface area contributed by atoms with Gasteiger partial charge in [-0.3, -0.25) is 24.6 Å². The maximum Gasteiger partial charge on any atom is 0.284 e. The Morgan fingerprint density at radius 1 is 1.11 bits per heavy atom. The summed E-state index contributed by atoms with van der Waals surface area (Å²) in [5, 5.41) is 21.1. The Labute approximate surface area is 206 Å². The first-order valence-corrected chi connectivity index (χ1v) is 11.0. The molecule has 3 aromatic rings. The Morgan fingerprint density at radius 2 is 1.86 bits per heavy atom. The highest BCUT2D eigenvalue weighted by Gasteiger charge is 2.35. The molecule has 0 spiro atoms. The lowest BCUT2D eigenvalue weighted by atomic mass is 9.94. The van der Waals surface area contributed by atoms with Gasteiger partial charge in [0.2, 0.25) is 0 Å². The van der Waals surface area contributed by atoms with Crippen molar-refractivity contribution in [3.8, 4) is 23.1 Å². The molecule has 2 aromatic carbocycles. The topological polar surface area (TPSA) is 127 Å². The van der Waals surface area contributed by atoms with Gasteiger partial charge in [-0.15, -0.1) is 0 Å².